The first-order valence-electron chi connectivity index (χ1n) is 15.8. The van der Waals surface area contributed by atoms with Crippen LogP contribution in [-0.4, -0.2) is 4.57 Å². The number of aromatic nitrogens is 1. The number of rotatable bonds is 2. The third kappa shape index (κ3) is 3.61. The molecule has 47 heavy (non-hydrogen) atoms. The zero-order chi connectivity index (χ0) is 31.3. The van der Waals surface area contributed by atoms with Crippen molar-refractivity contribution in [3.63, 3.8) is 0 Å². The van der Waals surface area contributed by atoms with Gasteiger partial charge in [0.25, 0.3) is 0 Å². The molecular formula is C43H26BrClN2. The zero-order valence-electron chi connectivity index (χ0n) is 25.2. The van der Waals surface area contributed by atoms with Crippen molar-refractivity contribution in [2.24, 2.45) is 0 Å². The van der Waals surface area contributed by atoms with Crippen LogP contribution in [0.2, 0.25) is 5.02 Å². The number of anilines is 3. The summed E-state index contributed by atoms with van der Waals surface area (Å²) in [6.07, 6.45) is 0. The summed E-state index contributed by atoms with van der Waals surface area (Å²) in [7, 11) is 0. The molecule has 0 atom stereocenters. The molecule has 0 bridgehead atoms. The van der Waals surface area contributed by atoms with Gasteiger partial charge in [-0.05, 0) is 94.0 Å². The average molecular weight is 686 g/mol. The van der Waals surface area contributed by atoms with E-state index in [0.717, 1.165) is 31.9 Å². The quantitative estimate of drug-likeness (QED) is 0.176. The lowest BCUT2D eigenvalue weighted by molar-refractivity contribution is 0.753. The summed E-state index contributed by atoms with van der Waals surface area (Å²) in [5, 5.41) is 3.08. The van der Waals surface area contributed by atoms with Crippen molar-refractivity contribution in [3.8, 4) is 16.8 Å². The van der Waals surface area contributed by atoms with Crippen LogP contribution in [0.15, 0.2) is 162 Å². The normalized spacial score (nSPS) is 13.9. The molecule has 2 nitrogen and oxygen atoms in total. The summed E-state index contributed by atoms with van der Waals surface area (Å²) in [5.41, 5.74) is 14.0. The monoisotopic (exact) mass is 684 g/mol. The molecule has 0 fully saturated rings. The molecule has 1 spiro atoms. The fourth-order valence-electron chi connectivity index (χ4n) is 8.32. The minimum atomic E-state index is -0.534. The van der Waals surface area contributed by atoms with Crippen LogP contribution in [0.3, 0.4) is 0 Å². The van der Waals surface area contributed by atoms with E-state index in [-0.39, 0.29) is 0 Å². The van der Waals surface area contributed by atoms with Crippen molar-refractivity contribution in [1.82, 2.24) is 4.57 Å². The van der Waals surface area contributed by atoms with E-state index >= 15 is 0 Å². The molecule has 0 saturated heterocycles. The second-order valence-corrected chi connectivity index (χ2v) is 13.7. The van der Waals surface area contributed by atoms with E-state index in [9.17, 15) is 0 Å². The molecule has 4 heteroatoms. The lowest BCUT2D eigenvalue weighted by Gasteiger charge is -2.45. The van der Waals surface area contributed by atoms with Gasteiger partial charge < -0.3 is 9.47 Å². The van der Waals surface area contributed by atoms with Crippen LogP contribution in [0, 0.1) is 0 Å². The molecule has 0 saturated carbocycles. The number of benzene rings is 7. The molecule has 0 amide bonds. The van der Waals surface area contributed by atoms with E-state index in [1.807, 2.05) is 6.07 Å². The maximum atomic E-state index is 6.70. The Hall–Kier alpha value is -5.09. The van der Waals surface area contributed by atoms with Crippen molar-refractivity contribution in [1.29, 1.82) is 0 Å². The van der Waals surface area contributed by atoms with Crippen LogP contribution in [0.5, 0.6) is 0 Å². The lowest BCUT2D eigenvalue weighted by atomic mass is 9.64. The lowest BCUT2D eigenvalue weighted by Crippen LogP contribution is -2.36. The molecule has 1 aliphatic heterocycles. The third-order valence-electron chi connectivity index (χ3n) is 10.1. The number of halogens is 2. The van der Waals surface area contributed by atoms with Gasteiger partial charge in [0.15, 0.2) is 0 Å². The van der Waals surface area contributed by atoms with E-state index < -0.39 is 5.41 Å². The highest BCUT2D eigenvalue weighted by atomic mass is 79.9. The first-order valence-corrected chi connectivity index (χ1v) is 17.0. The first kappa shape index (κ1) is 27.1. The summed E-state index contributed by atoms with van der Waals surface area (Å²) in [4.78, 5) is 2.45. The highest BCUT2D eigenvalue weighted by Gasteiger charge is 2.52. The van der Waals surface area contributed by atoms with Crippen LogP contribution in [0.1, 0.15) is 22.3 Å². The molecule has 10 rings (SSSR count). The summed E-state index contributed by atoms with van der Waals surface area (Å²) in [6.45, 7) is 0. The average Bonchev–Trinajstić information content (AvgIpc) is 3.58. The minimum Gasteiger partial charge on any atom is -0.310 e. The fraction of sp³-hybridized carbons (Fsp3) is 0.0233. The number of nitrogens with zero attached hydrogens (tertiary/aromatic N) is 2. The van der Waals surface area contributed by atoms with Gasteiger partial charge >= 0.3 is 0 Å². The highest BCUT2D eigenvalue weighted by molar-refractivity contribution is 9.10. The summed E-state index contributed by atoms with van der Waals surface area (Å²) in [6, 6.07) is 57.3. The molecule has 0 unspecified atom stereocenters. The van der Waals surface area contributed by atoms with E-state index in [2.05, 4.69) is 177 Å². The fourth-order valence-corrected chi connectivity index (χ4v) is 8.83. The van der Waals surface area contributed by atoms with Gasteiger partial charge in [-0.15, -0.1) is 0 Å². The van der Waals surface area contributed by atoms with Crippen molar-refractivity contribution in [2.45, 2.75) is 5.41 Å². The Morgan fingerprint density at radius 2 is 1.06 bits per heavy atom. The van der Waals surface area contributed by atoms with Crippen LogP contribution >= 0.6 is 27.5 Å². The van der Waals surface area contributed by atoms with E-state index in [1.54, 1.807) is 0 Å². The van der Waals surface area contributed by atoms with Gasteiger partial charge in [0.1, 0.15) is 0 Å². The molecule has 7 aromatic carbocycles. The van der Waals surface area contributed by atoms with Crippen LogP contribution in [-0.2, 0) is 5.41 Å². The van der Waals surface area contributed by atoms with Crippen molar-refractivity contribution >= 4 is 66.4 Å². The van der Waals surface area contributed by atoms with Gasteiger partial charge in [-0.1, -0.05) is 125 Å². The standard InChI is InChI=1S/C43H26BrClN2/c44-27-19-22-37-41(23-27)47(30-13-5-2-6-14-30)42-25-34-33-21-20-28(45)24-39(33)46(29-11-3-1-4-12-29)40(34)26-38(42)43(37)35-17-9-7-15-31(35)32-16-8-10-18-36(32)43/h1-26H. The van der Waals surface area contributed by atoms with Gasteiger partial charge in [0.2, 0.25) is 0 Å². The Balaban J connectivity index is 1.44. The highest BCUT2D eigenvalue weighted by Crippen LogP contribution is 2.64. The maximum absolute atomic E-state index is 6.70. The Labute approximate surface area is 286 Å². The van der Waals surface area contributed by atoms with Crippen molar-refractivity contribution < 1.29 is 0 Å². The largest absolute Gasteiger partial charge is 0.310 e. The van der Waals surface area contributed by atoms with Gasteiger partial charge in [-0.2, -0.15) is 0 Å². The molecule has 2 heterocycles. The minimum absolute atomic E-state index is 0.534. The number of fused-ring (bicyclic) bond motifs is 12. The Morgan fingerprint density at radius 3 is 1.77 bits per heavy atom. The molecule has 8 aromatic rings. The second kappa shape index (κ2) is 9.95. The number of para-hydroxylation sites is 2. The van der Waals surface area contributed by atoms with Crippen molar-refractivity contribution in [2.75, 3.05) is 4.90 Å². The molecule has 1 aromatic heterocycles. The van der Waals surface area contributed by atoms with Gasteiger partial charge in [-0.3, -0.25) is 0 Å². The number of hydrogen-bond acceptors (Lipinski definition) is 1. The second-order valence-electron chi connectivity index (χ2n) is 12.4. The van der Waals surface area contributed by atoms with E-state index in [4.69, 9.17) is 11.6 Å². The van der Waals surface area contributed by atoms with Gasteiger partial charge in [0.05, 0.1) is 27.8 Å². The maximum Gasteiger partial charge on any atom is 0.0755 e. The van der Waals surface area contributed by atoms with E-state index in [1.165, 1.54) is 55.5 Å². The molecular weight excluding hydrogens is 660 g/mol. The SMILES string of the molecule is Clc1ccc2c3cc4c(cc3n(-c3ccccc3)c2c1)C1(c2ccccc2-c2ccccc21)c1ccc(Br)cc1N4c1ccccc1. The molecule has 1 aliphatic carbocycles. The molecule has 222 valence electrons. The summed E-state index contributed by atoms with van der Waals surface area (Å²) < 4.78 is 3.42. The third-order valence-corrected chi connectivity index (χ3v) is 10.8. The summed E-state index contributed by atoms with van der Waals surface area (Å²) in [5.74, 6) is 0. The first-order chi connectivity index (χ1) is 23.1. The Kier molecular flexibility index (Phi) is 5.73. The molecule has 0 radical (unpaired) electrons. The van der Waals surface area contributed by atoms with Crippen LogP contribution in [0.25, 0.3) is 38.6 Å². The topological polar surface area (TPSA) is 8.17 Å². The Morgan fingerprint density at radius 1 is 0.468 bits per heavy atom. The summed E-state index contributed by atoms with van der Waals surface area (Å²) >= 11 is 10.6. The molecule has 2 aliphatic rings. The van der Waals surface area contributed by atoms with Crippen LogP contribution in [0.4, 0.5) is 17.1 Å². The van der Waals surface area contributed by atoms with Crippen LogP contribution < -0.4 is 4.90 Å². The van der Waals surface area contributed by atoms with Gasteiger partial charge in [-0.25, -0.2) is 0 Å². The van der Waals surface area contributed by atoms with E-state index in [0.29, 0.717) is 0 Å². The number of hydrogen-bond donors (Lipinski definition) is 0. The Bertz CT molecular complexity index is 2510. The van der Waals surface area contributed by atoms with Crippen molar-refractivity contribution in [3.05, 3.63) is 189 Å². The predicted molar refractivity (Wildman–Crippen MR) is 199 cm³/mol. The molecule has 0 N–H and O–H groups in total. The zero-order valence-corrected chi connectivity index (χ0v) is 27.5. The van der Waals surface area contributed by atoms with Gasteiger partial charge in [0, 0.05) is 31.6 Å². The smallest absolute Gasteiger partial charge is 0.0755 e. The predicted octanol–water partition coefficient (Wildman–Crippen LogP) is 12.3.